The van der Waals surface area contributed by atoms with Crippen LogP contribution in [-0.4, -0.2) is 10.4 Å². The lowest BCUT2D eigenvalue weighted by Crippen LogP contribution is -2.20. The molecule has 0 amide bonds. The minimum atomic E-state index is -0.0630. The van der Waals surface area contributed by atoms with Crippen LogP contribution in [0.5, 0.6) is 0 Å². The number of rotatable bonds is 7. The number of aromatic nitrogens is 1. The maximum absolute atomic E-state index is 12.0. The summed E-state index contributed by atoms with van der Waals surface area (Å²) in [5.41, 5.74) is 1.39. The van der Waals surface area contributed by atoms with Crippen molar-refractivity contribution in [3.05, 3.63) is 33.7 Å². The normalized spacial score (nSPS) is 10.6. The molecule has 1 aromatic rings. The lowest BCUT2D eigenvalue weighted by Gasteiger charge is -2.08. The van der Waals surface area contributed by atoms with Crippen molar-refractivity contribution in [2.45, 2.75) is 52.4 Å². The Balaban J connectivity index is 2.57. The van der Waals surface area contributed by atoms with Crippen LogP contribution in [0.25, 0.3) is 0 Å². The van der Waals surface area contributed by atoms with Crippen LogP contribution in [0.15, 0.2) is 16.9 Å². The molecule has 0 bridgehead atoms. The summed E-state index contributed by atoms with van der Waals surface area (Å²) in [4.78, 5) is 23.4. The lowest BCUT2D eigenvalue weighted by molar-refractivity contribution is 0.0977. The second kappa shape index (κ2) is 7.14. The average molecular weight is 249 g/mol. The Kier molecular flexibility index (Phi) is 5.83. The van der Waals surface area contributed by atoms with E-state index in [1.54, 1.807) is 13.1 Å². The molecule has 0 saturated carbocycles. The van der Waals surface area contributed by atoms with Crippen LogP contribution >= 0.6 is 0 Å². The number of hydrogen-bond acceptors (Lipinski definition) is 2. The van der Waals surface area contributed by atoms with Crippen LogP contribution in [-0.2, 0) is 7.05 Å². The number of Topliss-reactive ketones (excluding diaryl/α,β-unsaturated/α-hetero) is 1. The summed E-state index contributed by atoms with van der Waals surface area (Å²) in [5, 5.41) is 0. The van der Waals surface area contributed by atoms with Crippen molar-refractivity contribution in [2.75, 3.05) is 0 Å². The zero-order valence-electron chi connectivity index (χ0n) is 11.7. The Labute approximate surface area is 109 Å². The van der Waals surface area contributed by atoms with E-state index in [2.05, 4.69) is 6.92 Å². The molecular weight excluding hydrogens is 226 g/mol. The van der Waals surface area contributed by atoms with Gasteiger partial charge in [-0.25, -0.2) is 0 Å². The zero-order chi connectivity index (χ0) is 13.5. The number of carbonyl (C=O) groups excluding carboxylic acids is 1. The molecule has 0 radical (unpaired) electrons. The molecule has 0 aromatic carbocycles. The van der Waals surface area contributed by atoms with Gasteiger partial charge in [0.05, 0.1) is 0 Å². The molecule has 0 atom stereocenters. The zero-order valence-corrected chi connectivity index (χ0v) is 11.7. The van der Waals surface area contributed by atoms with Crippen molar-refractivity contribution in [3.8, 4) is 0 Å². The van der Waals surface area contributed by atoms with Crippen molar-refractivity contribution in [2.24, 2.45) is 7.05 Å². The summed E-state index contributed by atoms with van der Waals surface area (Å²) >= 11 is 0. The van der Waals surface area contributed by atoms with E-state index in [9.17, 15) is 9.59 Å². The van der Waals surface area contributed by atoms with Gasteiger partial charge in [0.25, 0.3) is 0 Å². The summed E-state index contributed by atoms with van der Waals surface area (Å²) in [6.07, 6.45) is 6.31. The van der Waals surface area contributed by atoms with Gasteiger partial charge in [-0.1, -0.05) is 32.6 Å². The van der Waals surface area contributed by atoms with Gasteiger partial charge in [0, 0.05) is 30.8 Å². The molecule has 1 rings (SSSR count). The number of nitrogens with zero attached hydrogens (tertiary/aromatic N) is 1. The number of pyridine rings is 1. The average Bonchev–Trinajstić information content (AvgIpc) is 2.35. The maximum atomic E-state index is 12.0. The van der Waals surface area contributed by atoms with Crippen LogP contribution in [0.3, 0.4) is 0 Å². The molecule has 0 aliphatic carbocycles. The summed E-state index contributed by atoms with van der Waals surface area (Å²) < 4.78 is 1.53. The van der Waals surface area contributed by atoms with Crippen molar-refractivity contribution in [1.82, 2.24) is 4.57 Å². The first-order chi connectivity index (χ1) is 8.57. The second-order valence-electron chi connectivity index (χ2n) is 4.82. The highest BCUT2D eigenvalue weighted by molar-refractivity contribution is 5.96. The van der Waals surface area contributed by atoms with Crippen molar-refractivity contribution >= 4 is 5.78 Å². The molecule has 0 saturated heterocycles. The molecule has 0 aliphatic heterocycles. The predicted molar refractivity (Wildman–Crippen MR) is 74.1 cm³/mol. The highest BCUT2D eigenvalue weighted by Gasteiger charge is 2.10. The van der Waals surface area contributed by atoms with Crippen molar-refractivity contribution < 1.29 is 4.79 Å². The largest absolute Gasteiger partial charge is 0.315 e. The highest BCUT2D eigenvalue weighted by atomic mass is 16.1. The molecule has 0 N–H and O–H groups in total. The van der Waals surface area contributed by atoms with Crippen LogP contribution < -0.4 is 5.56 Å². The SMILES string of the molecule is CCCCCCCC(=O)c1ccc(=O)n(C)c1C. The van der Waals surface area contributed by atoms with Crippen LogP contribution in [0, 0.1) is 6.92 Å². The molecule has 3 heteroatoms. The third-order valence-corrected chi connectivity index (χ3v) is 3.42. The number of hydrogen-bond donors (Lipinski definition) is 0. The molecule has 18 heavy (non-hydrogen) atoms. The van der Waals surface area contributed by atoms with E-state index in [0.717, 1.165) is 18.5 Å². The van der Waals surface area contributed by atoms with Crippen molar-refractivity contribution in [3.63, 3.8) is 0 Å². The third kappa shape index (κ3) is 3.83. The molecular formula is C15H23NO2. The molecule has 3 nitrogen and oxygen atoms in total. The summed E-state index contributed by atoms with van der Waals surface area (Å²) in [5.74, 6) is 0.152. The third-order valence-electron chi connectivity index (χ3n) is 3.42. The van der Waals surface area contributed by atoms with Gasteiger partial charge in [0.2, 0.25) is 5.56 Å². The first-order valence-electron chi connectivity index (χ1n) is 6.77. The van der Waals surface area contributed by atoms with E-state index >= 15 is 0 Å². The minimum Gasteiger partial charge on any atom is -0.315 e. The van der Waals surface area contributed by atoms with E-state index in [4.69, 9.17) is 0 Å². The predicted octanol–water partition coefficient (Wildman–Crippen LogP) is 3.24. The molecule has 0 spiro atoms. The quantitative estimate of drug-likeness (QED) is 0.549. The Morgan fingerprint density at radius 2 is 1.83 bits per heavy atom. The van der Waals surface area contributed by atoms with Gasteiger partial charge in [-0.2, -0.15) is 0 Å². The van der Waals surface area contributed by atoms with E-state index in [-0.39, 0.29) is 11.3 Å². The standard InChI is InChI=1S/C15H23NO2/c1-4-5-6-7-8-9-14(17)13-10-11-15(18)16(3)12(13)2/h10-11H,4-9H2,1-3H3. The van der Waals surface area contributed by atoms with E-state index in [1.165, 1.54) is 29.9 Å². The van der Waals surface area contributed by atoms with Gasteiger partial charge in [-0.05, 0) is 19.4 Å². The maximum Gasteiger partial charge on any atom is 0.250 e. The smallest absolute Gasteiger partial charge is 0.250 e. The highest BCUT2D eigenvalue weighted by Crippen LogP contribution is 2.12. The van der Waals surface area contributed by atoms with Gasteiger partial charge in [0.1, 0.15) is 0 Å². The fourth-order valence-electron chi connectivity index (χ4n) is 2.05. The number of carbonyl (C=O) groups is 1. The van der Waals surface area contributed by atoms with E-state index in [0.29, 0.717) is 12.0 Å². The monoisotopic (exact) mass is 249 g/mol. The van der Waals surface area contributed by atoms with Gasteiger partial charge >= 0.3 is 0 Å². The Morgan fingerprint density at radius 3 is 2.50 bits per heavy atom. The Morgan fingerprint density at radius 1 is 1.17 bits per heavy atom. The molecule has 0 fully saturated rings. The minimum absolute atomic E-state index is 0.0630. The first-order valence-corrected chi connectivity index (χ1v) is 6.77. The van der Waals surface area contributed by atoms with Crippen LogP contribution in [0.2, 0.25) is 0 Å². The summed E-state index contributed by atoms with van der Waals surface area (Å²) in [6.45, 7) is 4.00. The molecule has 100 valence electrons. The Bertz CT molecular complexity index is 460. The van der Waals surface area contributed by atoms with E-state index in [1.807, 2.05) is 6.92 Å². The molecule has 1 heterocycles. The fourth-order valence-corrected chi connectivity index (χ4v) is 2.05. The number of ketones is 1. The van der Waals surface area contributed by atoms with Gasteiger partial charge in [-0.15, -0.1) is 0 Å². The second-order valence-corrected chi connectivity index (χ2v) is 4.82. The Hall–Kier alpha value is -1.38. The lowest BCUT2D eigenvalue weighted by atomic mass is 10.0. The van der Waals surface area contributed by atoms with Gasteiger partial charge < -0.3 is 4.57 Å². The molecule has 0 unspecified atom stereocenters. The summed E-state index contributed by atoms with van der Waals surface area (Å²) in [7, 11) is 1.70. The van der Waals surface area contributed by atoms with Crippen LogP contribution in [0.4, 0.5) is 0 Å². The molecule has 0 aliphatic rings. The first kappa shape index (κ1) is 14.7. The fraction of sp³-hybridized carbons (Fsp3) is 0.600. The van der Waals surface area contributed by atoms with Crippen LogP contribution in [0.1, 0.15) is 61.5 Å². The molecule has 1 aromatic heterocycles. The summed E-state index contributed by atoms with van der Waals surface area (Å²) in [6, 6.07) is 3.13. The topological polar surface area (TPSA) is 39.1 Å². The number of unbranched alkanes of at least 4 members (excludes halogenated alkanes) is 4. The van der Waals surface area contributed by atoms with Gasteiger partial charge in [0.15, 0.2) is 5.78 Å². The van der Waals surface area contributed by atoms with Crippen molar-refractivity contribution in [1.29, 1.82) is 0 Å². The van der Waals surface area contributed by atoms with Gasteiger partial charge in [-0.3, -0.25) is 9.59 Å². The van der Waals surface area contributed by atoms with E-state index < -0.39 is 0 Å².